The third-order valence-electron chi connectivity index (χ3n) is 1.96. The zero-order valence-corrected chi connectivity index (χ0v) is 9.13. The van der Waals surface area contributed by atoms with Crippen molar-refractivity contribution in [1.82, 2.24) is 0 Å². The van der Waals surface area contributed by atoms with E-state index in [1.165, 1.54) is 0 Å². The fraction of sp³-hybridized carbons (Fsp3) is 0.417. The molecule has 1 aromatic rings. The first kappa shape index (κ1) is 10.8. The first-order chi connectivity index (χ1) is 6.50. The van der Waals surface area contributed by atoms with E-state index in [0.717, 1.165) is 11.1 Å². The number of esters is 1. The number of hydrogen-bond acceptors (Lipinski definition) is 2. The average molecular weight is 192 g/mol. The predicted molar refractivity (Wildman–Crippen MR) is 56.5 cm³/mol. The smallest absolute Gasteiger partial charge is 0.338 e. The van der Waals surface area contributed by atoms with Crippen LogP contribution in [0.25, 0.3) is 0 Å². The second-order valence-electron chi connectivity index (χ2n) is 3.77. The zero-order valence-electron chi connectivity index (χ0n) is 9.13. The summed E-state index contributed by atoms with van der Waals surface area (Å²) in [6.45, 7) is 7.58. The van der Waals surface area contributed by atoms with Gasteiger partial charge in [-0.25, -0.2) is 4.79 Å². The molecule has 0 aliphatic carbocycles. The number of hydrogen-bond donors (Lipinski definition) is 0. The molecule has 76 valence electrons. The van der Waals surface area contributed by atoms with Gasteiger partial charge in [0, 0.05) is 0 Å². The Balaban J connectivity index is 2.94. The van der Waals surface area contributed by atoms with Crippen molar-refractivity contribution in [1.29, 1.82) is 0 Å². The van der Waals surface area contributed by atoms with Crippen molar-refractivity contribution in [3.63, 3.8) is 0 Å². The summed E-state index contributed by atoms with van der Waals surface area (Å²) in [4.78, 5) is 11.6. The fourth-order valence-corrected chi connectivity index (χ4v) is 1.23. The molecule has 0 atom stereocenters. The fourth-order valence-electron chi connectivity index (χ4n) is 1.23. The molecule has 0 aliphatic rings. The average Bonchev–Trinajstić information content (AvgIpc) is 2.08. The lowest BCUT2D eigenvalue weighted by molar-refractivity contribution is 0.0377. The van der Waals surface area contributed by atoms with Gasteiger partial charge in [0.25, 0.3) is 0 Å². The number of aryl methyl sites for hydroxylation is 2. The minimum absolute atomic E-state index is 0.0672. The van der Waals surface area contributed by atoms with Gasteiger partial charge >= 0.3 is 5.97 Å². The minimum Gasteiger partial charge on any atom is -0.459 e. The van der Waals surface area contributed by atoms with Crippen LogP contribution in [0.3, 0.4) is 0 Å². The van der Waals surface area contributed by atoms with Gasteiger partial charge in [-0.05, 0) is 39.3 Å². The second-order valence-corrected chi connectivity index (χ2v) is 3.77. The zero-order chi connectivity index (χ0) is 10.7. The van der Waals surface area contributed by atoms with Crippen molar-refractivity contribution >= 4 is 5.97 Å². The summed E-state index contributed by atoms with van der Waals surface area (Å²) in [5.41, 5.74) is 2.70. The molecule has 0 aliphatic heterocycles. The van der Waals surface area contributed by atoms with Crippen molar-refractivity contribution in [2.24, 2.45) is 0 Å². The van der Waals surface area contributed by atoms with E-state index in [0.29, 0.717) is 5.56 Å². The number of carbonyl (C=O) groups excluding carboxylic acids is 1. The topological polar surface area (TPSA) is 26.3 Å². The molecular weight excluding hydrogens is 176 g/mol. The molecule has 0 aromatic heterocycles. The Bertz CT molecular complexity index is 340. The molecule has 0 saturated carbocycles. The Hall–Kier alpha value is -1.31. The minimum atomic E-state index is -0.235. The molecule has 2 heteroatoms. The van der Waals surface area contributed by atoms with Crippen molar-refractivity contribution in [2.75, 3.05) is 0 Å². The lowest BCUT2D eigenvalue weighted by Crippen LogP contribution is -2.12. The first-order valence-corrected chi connectivity index (χ1v) is 4.79. The van der Waals surface area contributed by atoms with E-state index < -0.39 is 0 Å². The molecule has 0 fully saturated rings. The van der Waals surface area contributed by atoms with E-state index in [1.807, 2.05) is 45.9 Å². The van der Waals surface area contributed by atoms with Crippen molar-refractivity contribution in [2.45, 2.75) is 33.8 Å². The summed E-state index contributed by atoms with van der Waals surface area (Å²) < 4.78 is 5.13. The van der Waals surface area contributed by atoms with Crippen LogP contribution in [-0.4, -0.2) is 12.1 Å². The highest BCUT2D eigenvalue weighted by atomic mass is 16.5. The molecule has 0 unspecified atom stereocenters. The summed E-state index contributed by atoms with van der Waals surface area (Å²) in [6, 6.07) is 5.79. The van der Waals surface area contributed by atoms with E-state index in [1.54, 1.807) is 0 Å². The molecule has 1 rings (SSSR count). The quantitative estimate of drug-likeness (QED) is 0.673. The molecule has 1 aromatic carbocycles. The van der Waals surface area contributed by atoms with Crippen molar-refractivity contribution in [3.8, 4) is 0 Å². The highest BCUT2D eigenvalue weighted by Crippen LogP contribution is 2.12. The van der Waals surface area contributed by atoms with Gasteiger partial charge in [-0.2, -0.15) is 0 Å². The summed E-state index contributed by atoms with van der Waals surface area (Å²) >= 11 is 0. The number of carbonyl (C=O) groups is 1. The Labute approximate surface area is 84.9 Å². The maximum absolute atomic E-state index is 11.6. The molecule has 2 nitrogen and oxygen atoms in total. The van der Waals surface area contributed by atoms with Crippen molar-refractivity contribution < 1.29 is 9.53 Å². The van der Waals surface area contributed by atoms with Gasteiger partial charge in [0.15, 0.2) is 0 Å². The van der Waals surface area contributed by atoms with Gasteiger partial charge < -0.3 is 4.74 Å². The number of rotatable bonds is 2. The van der Waals surface area contributed by atoms with E-state index in [4.69, 9.17) is 4.74 Å². The third kappa shape index (κ3) is 2.59. The van der Waals surface area contributed by atoms with Gasteiger partial charge in [0.2, 0.25) is 0 Å². The van der Waals surface area contributed by atoms with Gasteiger partial charge in [-0.15, -0.1) is 0 Å². The van der Waals surface area contributed by atoms with Crippen LogP contribution < -0.4 is 0 Å². The summed E-state index contributed by atoms with van der Waals surface area (Å²) in [5.74, 6) is -0.235. The van der Waals surface area contributed by atoms with E-state index in [-0.39, 0.29) is 12.1 Å². The molecule has 0 spiro atoms. The third-order valence-corrected chi connectivity index (χ3v) is 1.96. The van der Waals surface area contributed by atoms with Crippen LogP contribution in [-0.2, 0) is 4.74 Å². The van der Waals surface area contributed by atoms with Crippen LogP contribution in [0.15, 0.2) is 18.2 Å². The molecule has 0 saturated heterocycles. The van der Waals surface area contributed by atoms with Crippen LogP contribution >= 0.6 is 0 Å². The lowest BCUT2D eigenvalue weighted by atomic mass is 10.1. The monoisotopic (exact) mass is 192 g/mol. The van der Waals surface area contributed by atoms with Crippen LogP contribution in [0.4, 0.5) is 0 Å². The van der Waals surface area contributed by atoms with Crippen LogP contribution in [0.1, 0.15) is 35.3 Å². The van der Waals surface area contributed by atoms with Crippen LogP contribution in [0, 0.1) is 13.8 Å². The summed E-state index contributed by atoms with van der Waals surface area (Å²) in [7, 11) is 0. The molecule has 0 bridgehead atoms. The van der Waals surface area contributed by atoms with Gasteiger partial charge in [0.1, 0.15) is 0 Å². The second kappa shape index (κ2) is 4.27. The molecule has 0 amide bonds. The van der Waals surface area contributed by atoms with Gasteiger partial charge in [-0.3, -0.25) is 0 Å². The standard InChI is InChI=1S/C12H16O2/c1-8(2)14-12(13)11-7-9(3)5-6-10(11)4/h5-8H,1-4H3. The largest absolute Gasteiger partial charge is 0.459 e. The normalized spacial score (nSPS) is 10.4. The lowest BCUT2D eigenvalue weighted by Gasteiger charge is -2.10. The van der Waals surface area contributed by atoms with E-state index in [9.17, 15) is 4.79 Å². The van der Waals surface area contributed by atoms with Crippen LogP contribution in [0.5, 0.6) is 0 Å². The summed E-state index contributed by atoms with van der Waals surface area (Å²) in [6.07, 6.45) is -0.0672. The molecule has 0 radical (unpaired) electrons. The Morgan fingerprint density at radius 1 is 1.29 bits per heavy atom. The Kier molecular flexibility index (Phi) is 3.28. The van der Waals surface area contributed by atoms with Gasteiger partial charge in [-0.1, -0.05) is 17.7 Å². The molecule has 0 N–H and O–H groups in total. The van der Waals surface area contributed by atoms with Crippen molar-refractivity contribution in [3.05, 3.63) is 34.9 Å². The predicted octanol–water partition coefficient (Wildman–Crippen LogP) is 2.87. The molecular formula is C12H16O2. The highest BCUT2D eigenvalue weighted by Gasteiger charge is 2.11. The van der Waals surface area contributed by atoms with E-state index >= 15 is 0 Å². The first-order valence-electron chi connectivity index (χ1n) is 4.79. The SMILES string of the molecule is Cc1ccc(C)c(C(=O)OC(C)C)c1. The maximum Gasteiger partial charge on any atom is 0.338 e. The van der Waals surface area contributed by atoms with Gasteiger partial charge in [0.05, 0.1) is 11.7 Å². The Morgan fingerprint density at radius 3 is 2.50 bits per heavy atom. The number of benzene rings is 1. The van der Waals surface area contributed by atoms with E-state index in [2.05, 4.69) is 0 Å². The Morgan fingerprint density at radius 2 is 1.93 bits per heavy atom. The maximum atomic E-state index is 11.6. The molecule has 0 heterocycles. The summed E-state index contributed by atoms with van der Waals surface area (Å²) in [5, 5.41) is 0. The highest BCUT2D eigenvalue weighted by molar-refractivity contribution is 5.91. The number of ether oxygens (including phenoxy) is 1. The molecule has 14 heavy (non-hydrogen) atoms. The van der Waals surface area contributed by atoms with Crippen LogP contribution in [0.2, 0.25) is 0 Å².